The fraction of sp³-hybridized carbons (Fsp3) is 0.458. The van der Waals surface area contributed by atoms with Gasteiger partial charge in [-0.3, -0.25) is 0 Å². The molecule has 0 saturated heterocycles. The van der Waals surface area contributed by atoms with Gasteiger partial charge in [-0.2, -0.15) is 0 Å². The number of methoxy groups -OCH3 is 2. The molecule has 0 unspecified atom stereocenters. The SMILES string of the molecule is COCC(CCCCNC(=O)OCC1c2ccccc2-c2ccccc21)COC. The van der Waals surface area contributed by atoms with Gasteiger partial charge in [-0.25, -0.2) is 4.79 Å². The highest BCUT2D eigenvalue weighted by atomic mass is 16.5. The molecule has 2 aromatic carbocycles. The Morgan fingerprint density at radius 2 is 1.52 bits per heavy atom. The van der Waals surface area contributed by atoms with Crippen LogP contribution in [0.1, 0.15) is 36.3 Å². The van der Waals surface area contributed by atoms with E-state index in [0.717, 1.165) is 19.3 Å². The number of fused-ring (bicyclic) bond motifs is 3. The van der Waals surface area contributed by atoms with Gasteiger partial charge in [-0.1, -0.05) is 55.0 Å². The normalized spacial score (nSPS) is 12.7. The van der Waals surface area contributed by atoms with Crippen LogP contribution in [0.15, 0.2) is 48.5 Å². The Kier molecular flexibility index (Phi) is 8.08. The number of benzene rings is 2. The van der Waals surface area contributed by atoms with Crippen LogP contribution in [-0.4, -0.2) is 46.7 Å². The summed E-state index contributed by atoms with van der Waals surface area (Å²) in [5, 5.41) is 2.87. The minimum Gasteiger partial charge on any atom is -0.449 e. The smallest absolute Gasteiger partial charge is 0.407 e. The second kappa shape index (κ2) is 11.0. The van der Waals surface area contributed by atoms with Crippen LogP contribution in [0.5, 0.6) is 0 Å². The highest BCUT2D eigenvalue weighted by molar-refractivity contribution is 5.79. The van der Waals surface area contributed by atoms with Crippen LogP contribution in [-0.2, 0) is 14.2 Å². The maximum Gasteiger partial charge on any atom is 0.407 e. The molecule has 5 nitrogen and oxygen atoms in total. The van der Waals surface area contributed by atoms with Crippen molar-refractivity contribution in [3.63, 3.8) is 0 Å². The summed E-state index contributed by atoms with van der Waals surface area (Å²) in [5.41, 5.74) is 4.92. The van der Waals surface area contributed by atoms with Crippen molar-refractivity contribution < 1.29 is 19.0 Å². The van der Waals surface area contributed by atoms with Gasteiger partial charge in [0.15, 0.2) is 0 Å². The standard InChI is InChI=1S/C24H31NO4/c1-27-15-18(16-28-2)9-7-8-14-25-24(26)29-17-23-21-12-5-3-10-19(21)20-11-4-6-13-22(20)23/h3-6,10-13,18,23H,7-9,14-17H2,1-2H3,(H,25,26). The Hall–Kier alpha value is -2.37. The quantitative estimate of drug-likeness (QED) is 0.563. The second-order valence-corrected chi connectivity index (χ2v) is 7.52. The number of hydrogen-bond acceptors (Lipinski definition) is 4. The zero-order valence-corrected chi connectivity index (χ0v) is 17.4. The number of nitrogens with one attached hydrogen (secondary N) is 1. The van der Waals surface area contributed by atoms with Gasteiger partial charge in [0.05, 0.1) is 13.2 Å². The third-order valence-corrected chi connectivity index (χ3v) is 5.46. The fourth-order valence-electron chi connectivity index (χ4n) is 4.08. The lowest BCUT2D eigenvalue weighted by molar-refractivity contribution is 0.0792. The monoisotopic (exact) mass is 397 g/mol. The number of carbonyl (C=O) groups is 1. The highest BCUT2D eigenvalue weighted by Gasteiger charge is 2.28. The number of amides is 1. The van der Waals surface area contributed by atoms with E-state index in [-0.39, 0.29) is 12.0 Å². The summed E-state index contributed by atoms with van der Waals surface area (Å²) in [6.07, 6.45) is 2.60. The van der Waals surface area contributed by atoms with Crippen LogP contribution in [0.25, 0.3) is 11.1 Å². The van der Waals surface area contributed by atoms with Crippen molar-refractivity contribution in [2.45, 2.75) is 25.2 Å². The molecule has 0 saturated carbocycles. The van der Waals surface area contributed by atoms with Gasteiger partial charge in [0.25, 0.3) is 0 Å². The van der Waals surface area contributed by atoms with Gasteiger partial charge >= 0.3 is 6.09 Å². The Labute approximate surface area is 173 Å². The molecule has 0 aromatic heterocycles. The summed E-state index contributed by atoms with van der Waals surface area (Å²) in [7, 11) is 3.42. The summed E-state index contributed by atoms with van der Waals surface area (Å²) < 4.78 is 16.0. The Balaban J connectivity index is 1.42. The topological polar surface area (TPSA) is 56.8 Å². The first-order chi connectivity index (χ1) is 14.2. The average molecular weight is 398 g/mol. The van der Waals surface area contributed by atoms with E-state index in [1.165, 1.54) is 22.3 Å². The Morgan fingerprint density at radius 3 is 2.10 bits per heavy atom. The van der Waals surface area contributed by atoms with E-state index in [0.29, 0.717) is 32.3 Å². The lowest BCUT2D eigenvalue weighted by atomic mass is 9.98. The summed E-state index contributed by atoms with van der Waals surface area (Å²) in [6, 6.07) is 16.7. The van der Waals surface area contributed by atoms with Gasteiger partial charge in [0.2, 0.25) is 0 Å². The molecule has 1 aliphatic rings. The summed E-state index contributed by atoms with van der Waals surface area (Å²) in [6.45, 7) is 2.37. The average Bonchev–Trinajstić information content (AvgIpc) is 3.06. The van der Waals surface area contributed by atoms with Crippen molar-refractivity contribution in [2.24, 2.45) is 5.92 Å². The van der Waals surface area contributed by atoms with Gasteiger partial charge in [0, 0.05) is 32.6 Å². The molecule has 0 heterocycles. The molecular weight excluding hydrogens is 366 g/mol. The molecule has 1 aliphatic carbocycles. The third-order valence-electron chi connectivity index (χ3n) is 5.46. The van der Waals surface area contributed by atoms with Crippen molar-refractivity contribution >= 4 is 6.09 Å². The lowest BCUT2D eigenvalue weighted by Crippen LogP contribution is -2.27. The van der Waals surface area contributed by atoms with E-state index in [9.17, 15) is 4.79 Å². The van der Waals surface area contributed by atoms with Crippen LogP contribution in [0.2, 0.25) is 0 Å². The van der Waals surface area contributed by atoms with E-state index in [2.05, 4.69) is 41.7 Å². The zero-order valence-electron chi connectivity index (χ0n) is 17.4. The molecule has 0 atom stereocenters. The number of ether oxygens (including phenoxy) is 3. The highest BCUT2D eigenvalue weighted by Crippen LogP contribution is 2.44. The summed E-state index contributed by atoms with van der Waals surface area (Å²) in [4.78, 5) is 12.2. The molecule has 0 fully saturated rings. The molecule has 0 aliphatic heterocycles. The maximum atomic E-state index is 12.2. The van der Waals surface area contributed by atoms with E-state index in [1.807, 2.05) is 12.1 Å². The largest absolute Gasteiger partial charge is 0.449 e. The molecule has 1 amide bonds. The van der Waals surface area contributed by atoms with Crippen molar-refractivity contribution in [3.8, 4) is 11.1 Å². The van der Waals surface area contributed by atoms with Crippen molar-refractivity contribution in [1.82, 2.24) is 5.32 Å². The van der Waals surface area contributed by atoms with Crippen LogP contribution >= 0.6 is 0 Å². The molecule has 3 rings (SSSR count). The van der Waals surface area contributed by atoms with E-state index >= 15 is 0 Å². The van der Waals surface area contributed by atoms with Crippen molar-refractivity contribution in [3.05, 3.63) is 59.7 Å². The third kappa shape index (κ3) is 5.58. The summed E-state index contributed by atoms with van der Waals surface area (Å²) >= 11 is 0. The first kappa shape index (κ1) is 21.3. The molecule has 156 valence electrons. The van der Waals surface area contributed by atoms with E-state index < -0.39 is 0 Å². The maximum absolute atomic E-state index is 12.2. The van der Waals surface area contributed by atoms with Crippen molar-refractivity contribution in [2.75, 3.05) is 40.6 Å². The van der Waals surface area contributed by atoms with Crippen LogP contribution in [0, 0.1) is 5.92 Å². The predicted octanol–water partition coefficient (Wildman–Crippen LogP) is 4.60. The molecule has 2 aromatic rings. The van der Waals surface area contributed by atoms with Gasteiger partial charge < -0.3 is 19.5 Å². The Morgan fingerprint density at radius 1 is 0.931 bits per heavy atom. The van der Waals surface area contributed by atoms with Gasteiger partial charge in [-0.05, 0) is 35.1 Å². The molecule has 5 heteroatoms. The van der Waals surface area contributed by atoms with E-state index in [4.69, 9.17) is 14.2 Å². The van der Waals surface area contributed by atoms with Crippen LogP contribution < -0.4 is 5.32 Å². The number of hydrogen-bond donors (Lipinski definition) is 1. The minimum absolute atomic E-state index is 0.0944. The number of carbonyl (C=O) groups excluding carboxylic acids is 1. The molecule has 0 spiro atoms. The molecule has 0 radical (unpaired) electrons. The number of alkyl carbamates (subject to hydrolysis) is 1. The first-order valence-electron chi connectivity index (χ1n) is 10.3. The fourth-order valence-corrected chi connectivity index (χ4v) is 4.08. The van der Waals surface area contributed by atoms with Crippen LogP contribution in [0.4, 0.5) is 4.79 Å². The minimum atomic E-state index is -0.350. The molecule has 29 heavy (non-hydrogen) atoms. The number of unbranched alkanes of at least 4 members (excludes halogenated alkanes) is 1. The van der Waals surface area contributed by atoms with Crippen LogP contribution in [0.3, 0.4) is 0 Å². The van der Waals surface area contributed by atoms with Gasteiger partial charge in [-0.15, -0.1) is 0 Å². The molecule has 1 N–H and O–H groups in total. The Bertz CT molecular complexity index is 740. The first-order valence-corrected chi connectivity index (χ1v) is 10.3. The summed E-state index contributed by atoms with van der Waals surface area (Å²) in [5.74, 6) is 0.497. The molecule has 0 bridgehead atoms. The number of rotatable bonds is 11. The van der Waals surface area contributed by atoms with E-state index in [1.54, 1.807) is 14.2 Å². The predicted molar refractivity (Wildman–Crippen MR) is 114 cm³/mol. The lowest BCUT2D eigenvalue weighted by Gasteiger charge is -2.15. The molecular formula is C24H31NO4. The van der Waals surface area contributed by atoms with Gasteiger partial charge in [0.1, 0.15) is 6.61 Å². The van der Waals surface area contributed by atoms with Crippen molar-refractivity contribution in [1.29, 1.82) is 0 Å². The zero-order chi connectivity index (χ0) is 20.5. The second-order valence-electron chi connectivity index (χ2n) is 7.52.